The highest BCUT2D eigenvalue weighted by Gasteiger charge is 2.04. The third kappa shape index (κ3) is 4.56. The third-order valence-corrected chi connectivity index (χ3v) is 4.33. The quantitative estimate of drug-likeness (QED) is 0.571. The topological polar surface area (TPSA) is 41.9 Å². The zero-order valence-electron chi connectivity index (χ0n) is 12.5. The van der Waals surface area contributed by atoms with Crippen molar-refractivity contribution in [2.75, 3.05) is 10.6 Å². The van der Waals surface area contributed by atoms with Gasteiger partial charge in [0.05, 0.1) is 29.1 Å². The lowest BCUT2D eigenvalue weighted by Crippen LogP contribution is -2.18. The fraction of sp³-hybridized carbons (Fsp3) is 0.0588. The van der Waals surface area contributed by atoms with Crippen molar-refractivity contribution in [3.63, 3.8) is 0 Å². The van der Waals surface area contributed by atoms with Crippen LogP contribution in [-0.2, 0) is 6.54 Å². The summed E-state index contributed by atoms with van der Waals surface area (Å²) in [6.07, 6.45) is 3.64. The van der Waals surface area contributed by atoms with E-state index in [0.717, 1.165) is 15.8 Å². The maximum Gasteiger partial charge on any atom is 0.175 e. The van der Waals surface area contributed by atoms with Crippen LogP contribution < -0.4 is 10.6 Å². The molecule has 2 N–H and O–H groups in total. The van der Waals surface area contributed by atoms with Gasteiger partial charge < -0.3 is 10.6 Å². The largest absolute Gasteiger partial charge is 0.331 e. The minimum atomic E-state index is 0.464. The molecule has 0 radical (unpaired) electrons. The van der Waals surface area contributed by atoms with Gasteiger partial charge in [0.15, 0.2) is 5.11 Å². The second-order valence-corrected chi connectivity index (χ2v) is 6.84. The molecule has 0 spiro atoms. The summed E-state index contributed by atoms with van der Waals surface area (Å²) in [7, 11) is 0. The highest BCUT2D eigenvalue weighted by Crippen LogP contribution is 2.20. The lowest BCUT2D eigenvalue weighted by atomic mass is 10.2. The van der Waals surface area contributed by atoms with Gasteiger partial charge in [-0.05, 0) is 42.0 Å². The van der Waals surface area contributed by atoms with Crippen LogP contribution in [0.2, 0.25) is 5.02 Å². The summed E-state index contributed by atoms with van der Waals surface area (Å²) < 4.78 is 2.91. The Morgan fingerprint density at radius 2 is 1.88 bits per heavy atom. The molecule has 0 aliphatic heterocycles. The molecule has 0 saturated heterocycles. The normalized spacial score (nSPS) is 10.4. The number of nitrogens with one attached hydrogen (secondary N) is 2. The number of aromatic nitrogens is 2. The Labute approximate surface area is 159 Å². The van der Waals surface area contributed by atoms with E-state index < -0.39 is 0 Å². The molecule has 24 heavy (non-hydrogen) atoms. The van der Waals surface area contributed by atoms with Crippen LogP contribution in [0, 0.1) is 0 Å². The second kappa shape index (κ2) is 7.79. The Hall–Kier alpha value is -1.89. The first-order valence-electron chi connectivity index (χ1n) is 7.19. The highest BCUT2D eigenvalue weighted by molar-refractivity contribution is 9.10. The van der Waals surface area contributed by atoms with Crippen molar-refractivity contribution >= 4 is 56.2 Å². The van der Waals surface area contributed by atoms with Crippen LogP contribution in [0.5, 0.6) is 0 Å². The highest BCUT2D eigenvalue weighted by atomic mass is 79.9. The maximum atomic E-state index is 6.11. The number of thiocarbonyl (C=S) groups is 1. The van der Waals surface area contributed by atoms with E-state index >= 15 is 0 Å². The van der Waals surface area contributed by atoms with E-state index in [4.69, 9.17) is 23.8 Å². The molecular formula is C17H14BrClN4S. The molecule has 2 aromatic carbocycles. The first kappa shape index (κ1) is 17.0. The van der Waals surface area contributed by atoms with Crippen LogP contribution in [0.25, 0.3) is 0 Å². The summed E-state index contributed by atoms with van der Waals surface area (Å²) in [5, 5.41) is 11.6. The van der Waals surface area contributed by atoms with E-state index in [2.05, 4.69) is 43.8 Å². The van der Waals surface area contributed by atoms with Gasteiger partial charge >= 0.3 is 0 Å². The van der Waals surface area contributed by atoms with Crippen LogP contribution in [0.15, 0.2) is 65.4 Å². The van der Waals surface area contributed by atoms with Gasteiger partial charge in [-0.1, -0.05) is 51.8 Å². The van der Waals surface area contributed by atoms with Crippen molar-refractivity contribution in [2.45, 2.75) is 6.54 Å². The number of hydrogen-bond acceptors (Lipinski definition) is 2. The molecule has 4 nitrogen and oxygen atoms in total. The summed E-state index contributed by atoms with van der Waals surface area (Å²) in [5.41, 5.74) is 2.75. The summed E-state index contributed by atoms with van der Waals surface area (Å²) >= 11 is 14.8. The fourth-order valence-electron chi connectivity index (χ4n) is 2.14. The molecule has 1 aromatic heterocycles. The molecule has 0 unspecified atom stereocenters. The molecular weight excluding hydrogens is 408 g/mol. The zero-order chi connectivity index (χ0) is 16.9. The van der Waals surface area contributed by atoms with E-state index in [1.807, 2.05) is 47.3 Å². The molecule has 0 saturated carbocycles. The van der Waals surface area contributed by atoms with Crippen LogP contribution in [0.4, 0.5) is 11.4 Å². The molecule has 0 aliphatic carbocycles. The van der Waals surface area contributed by atoms with Gasteiger partial charge in [0.1, 0.15) is 0 Å². The molecule has 122 valence electrons. The van der Waals surface area contributed by atoms with Gasteiger partial charge in [-0.3, -0.25) is 4.68 Å². The van der Waals surface area contributed by atoms with Gasteiger partial charge in [-0.25, -0.2) is 0 Å². The van der Waals surface area contributed by atoms with Crippen LogP contribution in [-0.4, -0.2) is 14.9 Å². The number of nitrogens with zero attached hydrogens (tertiary/aromatic N) is 2. The van der Waals surface area contributed by atoms with Gasteiger partial charge in [0, 0.05) is 10.7 Å². The first-order valence-corrected chi connectivity index (χ1v) is 8.77. The first-order chi connectivity index (χ1) is 11.6. The zero-order valence-corrected chi connectivity index (χ0v) is 15.7. The summed E-state index contributed by atoms with van der Waals surface area (Å²) in [4.78, 5) is 0. The average Bonchev–Trinajstić information content (AvgIpc) is 2.99. The Bertz CT molecular complexity index is 848. The summed E-state index contributed by atoms with van der Waals surface area (Å²) in [5.74, 6) is 0. The standard InChI is InChI=1S/C17H14BrClN4S/c18-13-7-5-12(6-8-13)10-23-11-14(9-20-23)21-17(24)22-16-4-2-1-3-15(16)19/h1-9,11H,10H2,(H2,21,22,24). The van der Waals surface area contributed by atoms with E-state index in [1.54, 1.807) is 6.20 Å². The summed E-state index contributed by atoms with van der Waals surface area (Å²) in [6.45, 7) is 0.694. The number of rotatable bonds is 4. The Morgan fingerprint density at radius 1 is 1.12 bits per heavy atom. The molecule has 3 aromatic rings. The van der Waals surface area contributed by atoms with E-state index in [0.29, 0.717) is 16.7 Å². The van der Waals surface area contributed by atoms with Gasteiger partial charge in [-0.15, -0.1) is 0 Å². The Balaban J connectivity index is 1.60. The van der Waals surface area contributed by atoms with Crippen molar-refractivity contribution in [1.29, 1.82) is 0 Å². The molecule has 0 amide bonds. The molecule has 0 atom stereocenters. The van der Waals surface area contributed by atoms with E-state index in [9.17, 15) is 0 Å². The Morgan fingerprint density at radius 3 is 2.62 bits per heavy atom. The van der Waals surface area contributed by atoms with E-state index in [1.165, 1.54) is 5.56 Å². The van der Waals surface area contributed by atoms with Gasteiger partial charge in [0.25, 0.3) is 0 Å². The smallest absolute Gasteiger partial charge is 0.175 e. The minimum Gasteiger partial charge on any atom is -0.331 e. The predicted octanol–water partition coefficient (Wildman–Crippen LogP) is 5.16. The second-order valence-electron chi connectivity index (χ2n) is 5.11. The van der Waals surface area contributed by atoms with Crippen molar-refractivity contribution < 1.29 is 0 Å². The molecule has 3 rings (SSSR count). The van der Waals surface area contributed by atoms with Crippen molar-refractivity contribution in [2.24, 2.45) is 0 Å². The van der Waals surface area contributed by atoms with Gasteiger partial charge in [-0.2, -0.15) is 5.10 Å². The summed E-state index contributed by atoms with van der Waals surface area (Å²) in [6, 6.07) is 15.6. The monoisotopic (exact) mass is 420 g/mol. The van der Waals surface area contributed by atoms with Crippen LogP contribution in [0.3, 0.4) is 0 Å². The Kier molecular flexibility index (Phi) is 5.50. The molecule has 7 heteroatoms. The lowest BCUT2D eigenvalue weighted by molar-refractivity contribution is 0.687. The minimum absolute atomic E-state index is 0.464. The lowest BCUT2D eigenvalue weighted by Gasteiger charge is -2.10. The van der Waals surface area contributed by atoms with Crippen molar-refractivity contribution in [3.05, 3.63) is 76.0 Å². The number of hydrogen-bond donors (Lipinski definition) is 2. The number of halogens is 2. The molecule has 1 heterocycles. The van der Waals surface area contributed by atoms with Gasteiger partial charge in [0.2, 0.25) is 0 Å². The molecule has 0 aliphatic rings. The number of benzene rings is 2. The van der Waals surface area contributed by atoms with Crippen LogP contribution in [0.1, 0.15) is 5.56 Å². The fourth-order valence-corrected chi connectivity index (χ4v) is 2.81. The number of para-hydroxylation sites is 1. The third-order valence-electron chi connectivity index (χ3n) is 3.27. The number of anilines is 2. The van der Waals surface area contributed by atoms with Crippen LogP contribution >= 0.6 is 39.7 Å². The predicted molar refractivity (Wildman–Crippen MR) is 107 cm³/mol. The van der Waals surface area contributed by atoms with E-state index in [-0.39, 0.29) is 0 Å². The molecule has 0 fully saturated rings. The molecule has 0 bridgehead atoms. The SMILES string of the molecule is S=C(Nc1cnn(Cc2ccc(Br)cc2)c1)Nc1ccccc1Cl. The van der Waals surface area contributed by atoms with Crippen molar-refractivity contribution in [3.8, 4) is 0 Å². The average molecular weight is 422 g/mol. The van der Waals surface area contributed by atoms with Crippen molar-refractivity contribution in [1.82, 2.24) is 9.78 Å². The maximum absolute atomic E-state index is 6.11.